The lowest BCUT2D eigenvalue weighted by Crippen LogP contribution is -2.30. The number of nitrogens with zero attached hydrogens (tertiary/aromatic N) is 4. The molecule has 3 heterocycles. The summed E-state index contributed by atoms with van der Waals surface area (Å²) in [5.74, 6) is 0.367. The zero-order valence-electron chi connectivity index (χ0n) is 13.3. The molecule has 122 valence electrons. The van der Waals surface area contributed by atoms with Gasteiger partial charge in [0.05, 0.1) is 31.1 Å². The molecular formula is C16H20N4O3. The average molecular weight is 316 g/mol. The normalized spacial score (nSPS) is 15.7. The van der Waals surface area contributed by atoms with Gasteiger partial charge in [0.2, 0.25) is 5.88 Å². The van der Waals surface area contributed by atoms with Crippen LogP contribution in [0.25, 0.3) is 0 Å². The zero-order chi connectivity index (χ0) is 16.4. The third-order valence-corrected chi connectivity index (χ3v) is 3.94. The Morgan fingerprint density at radius 3 is 2.96 bits per heavy atom. The molecule has 0 unspecified atom stereocenters. The summed E-state index contributed by atoms with van der Waals surface area (Å²) in [6.45, 7) is 3.57. The molecule has 1 amide bonds. The number of methoxy groups -OCH3 is 1. The van der Waals surface area contributed by atoms with Crippen molar-refractivity contribution in [2.24, 2.45) is 0 Å². The molecule has 0 saturated heterocycles. The van der Waals surface area contributed by atoms with E-state index in [9.17, 15) is 9.90 Å². The number of ether oxygens (including phenoxy) is 1. The summed E-state index contributed by atoms with van der Waals surface area (Å²) in [7, 11) is 1.53. The van der Waals surface area contributed by atoms with Crippen LogP contribution in [-0.2, 0) is 13.1 Å². The number of aromatic nitrogens is 3. The first-order valence-electron chi connectivity index (χ1n) is 7.62. The van der Waals surface area contributed by atoms with Crippen LogP contribution in [0.1, 0.15) is 41.2 Å². The van der Waals surface area contributed by atoms with Crippen LogP contribution < -0.4 is 4.74 Å². The van der Waals surface area contributed by atoms with E-state index in [0.29, 0.717) is 30.2 Å². The SMILES string of the molecule is COc1cc(C(=O)N2CCCn3nc([C@H](C)O)cc3C2)ccn1. The summed E-state index contributed by atoms with van der Waals surface area (Å²) in [5, 5.41) is 14.1. The highest BCUT2D eigenvalue weighted by molar-refractivity contribution is 5.94. The number of aryl methyl sites for hydroxylation is 1. The second-order valence-electron chi connectivity index (χ2n) is 5.63. The maximum atomic E-state index is 12.7. The molecule has 0 spiro atoms. The van der Waals surface area contributed by atoms with Crippen molar-refractivity contribution in [1.82, 2.24) is 19.7 Å². The topological polar surface area (TPSA) is 80.5 Å². The quantitative estimate of drug-likeness (QED) is 0.925. The third kappa shape index (κ3) is 3.19. The molecule has 0 aliphatic carbocycles. The molecule has 0 aromatic carbocycles. The van der Waals surface area contributed by atoms with Gasteiger partial charge < -0.3 is 14.7 Å². The second kappa shape index (κ2) is 6.37. The van der Waals surface area contributed by atoms with Crippen LogP contribution in [0.15, 0.2) is 24.4 Å². The first-order chi connectivity index (χ1) is 11.1. The van der Waals surface area contributed by atoms with E-state index in [0.717, 1.165) is 18.7 Å². The minimum atomic E-state index is -0.608. The number of rotatable bonds is 3. The first-order valence-corrected chi connectivity index (χ1v) is 7.62. The van der Waals surface area contributed by atoms with Gasteiger partial charge in [-0.15, -0.1) is 0 Å². The molecule has 1 N–H and O–H groups in total. The predicted octanol–water partition coefficient (Wildman–Crippen LogP) is 1.39. The molecule has 2 aromatic rings. The smallest absolute Gasteiger partial charge is 0.254 e. The Balaban J connectivity index is 1.83. The standard InChI is InChI=1S/C16H20N4O3/c1-11(21)14-9-13-10-19(6-3-7-20(13)18-14)16(22)12-4-5-17-15(8-12)23-2/h4-5,8-9,11,21H,3,6-7,10H2,1-2H3/t11-/m0/s1. The van der Waals surface area contributed by atoms with Crippen molar-refractivity contribution in [3.8, 4) is 5.88 Å². The molecule has 1 atom stereocenters. The number of pyridine rings is 1. The first kappa shape index (κ1) is 15.5. The van der Waals surface area contributed by atoms with Crippen molar-refractivity contribution in [2.75, 3.05) is 13.7 Å². The van der Waals surface area contributed by atoms with E-state index in [2.05, 4.69) is 10.1 Å². The van der Waals surface area contributed by atoms with E-state index in [1.807, 2.05) is 10.7 Å². The number of hydrogen-bond donors (Lipinski definition) is 1. The Labute approximate surface area is 134 Å². The predicted molar refractivity (Wildman–Crippen MR) is 83.0 cm³/mol. The summed E-state index contributed by atoms with van der Waals surface area (Å²) < 4.78 is 6.96. The molecule has 23 heavy (non-hydrogen) atoms. The number of hydrogen-bond acceptors (Lipinski definition) is 5. The lowest BCUT2D eigenvalue weighted by atomic mass is 10.2. The van der Waals surface area contributed by atoms with Gasteiger partial charge in [0.15, 0.2) is 0 Å². The Morgan fingerprint density at radius 2 is 2.22 bits per heavy atom. The van der Waals surface area contributed by atoms with Crippen molar-refractivity contribution in [3.05, 3.63) is 41.3 Å². The fraction of sp³-hybridized carbons (Fsp3) is 0.438. The van der Waals surface area contributed by atoms with Crippen molar-refractivity contribution >= 4 is 5.91 Å². The molecule has 1 aliphatic heterocycles. The van der Waals surface area contributed by atoms with Gasteiger partial charge in [0.1, 0.15) is 0 Å². The Hall–Kier alpha value is -2.41. The van der Waals surface area contributed by atoms with Gasteiger partial charge in [-0.25, -0.2) is 4.98 Å². The highest BCUT2D eigenvalue weighted by atomic mass is 16.5. The number of fused-ring (bicyclic) bond motifs is 1. The minimum absolute atomic E-state index is 0.0565. The molecule has 7 heteroatoms. The van der Waals surface area contributed by atoms with Crippen LogP contribution in [0.5, 0.6) is 5.88 Å². The molecule has 1 aliphatic rings. The summed E-state index contributed by atoms with van der Waals surface area (Å²) in [6.07, 6.45) is 1.78. The maximum absolute atomic E-state index is 12.7. The monoisotopic (exact) mass is 316 g/mol. The number of carbonyl (C=O) groups is 1. The summed E-state index contributed by atoms with van der Waals surface area (Å²) in [6, 6.07) is 5.20. The Bertz CT molecular complexity index is 711. The van der Waals surface area contributed by atoms with Gasteiger partial charge >= 0.3 is 0 Å². The molecular weight excluding hydrogens is 296 g/mol. The molecule has 0 bridgehead atoms. The largest absolute Gasteiger partial charge is 0.481 e. The van der Waals surface area contributed by atoms with E-state index in [-0.39, 0.29) is 5.91 Å². The van der Waals surface area contributed by atoms with Gasteiger partial charge in [-0.2, -0.15) is 5.10 Å². The fourth-order valence-corrected chi connectivity index (χ4v) is 2.70. The van der Waals surface area contributed by atoms with Gasteiger partial charge in [-0.3, -0.25) is 9.48 Å². The lowest BCUT2D eigenvalue weighted by Gasteiger charge is -2.20. The van der Waals surface area contributed by atoms with E-state index in [1.54, 1.807) is 30.2 Å². The van der Waals surface area contributed by atoms with Crippen LogP contribution in [0, 0.1) is 0 Å². The van der Waals surface area contributed by atoms with Crippen molar-refractivity contribution in [3.63, 3.8) is 0 Å². The number of amides is 1. The molecule has 2 aromatic heterocycles. The van der Waals surface area contributed by atoms with Crippen molar-refractivity contribution < 1.29 is 14.6 Å². The number of aliphatic hydroxyl groups excluding tert-OH is 1. The lowest BCUT2D eigenvalue weighted by molar-refractivity contribution is 0.0745. The Morgan fingerprint density at radius 1 is 1.39 bits per heavy atom. The van der Waals surface area contributed by atoms with Crippen LogP contribution in [0.2, 0.25) is 0 Å². The van der Waals surface area contributed by atoms with E-state index >= 15 is 0 Å². The number of aliphatic hydroxyl groups is 1. The number of carbonyl (C=O) groups excluding carboxylic acids is 1. The van der Waals surface area contributed by atoms with Crippen LogP contribution >= 0.6 is 0 Å². The molecule has 0 fully saturated rings. The van der Waals surface area contributed by atoms with Gasteiger partial charge in [-0.1, -0.05) is 0 Å². The van der Waals surface area contributed by atoms with Crippen molar-refractivity contribution in [2.45, 2.75) is 32.5 Å². The maximum Gasteiger partial charge on any atom is 0.254 e. The summed E-state index contributed by atoms with van der Waals surface area (Å²) in [5.41, 5.74) is 2.13. The van der Waals surface area contributed by atoms with Crippen molar-refractivity contribution in [1.29, 1.82) is 0 Å². The molecule has 0 saturated carbocycles. The van der Waals surface area contributed by atoms with Gasteiger partial charge in [0, 0.05) is 30.9 Å². The zero-order valence-corrected chi connectivity index (χ0v) is 13.3. The third-order valence-electron chi connectivity index (χ3n) is 3.94. The highest BCUT2D eigenvalue weighted by Crippen LogP contribution is 2.20. The summed E-state index contributed by atoms with van der Waals surface area (Å²) >= 11 is 0. The molecule has 3 rings (SSSR count). The highest BCUT2D eigenvalue weighted by Gasteiger charge is 2.22. The average Bonchev–Trinajstić information content (AvgIpc) is 2.86. The molecule has 0 radical (unpaired) electrons. The molecule has 7 nitrogen and oxygen atoms in total. The van der Waals surface area contributed by atoms with Gasteiger partial charge in [-0.05, 0) is 25.5 Å². The van der Waals surface area contributed by atoms with Gasteiger partial charge in [0.25, 0.3) is 5.91 Å². The van der Waals surface area contributed by atoms with E-state index < -0.39 is 6.10 Å². The van der Waals surface area contributed by atoms with Crippen LogP contribution in [0.3, 0.4) is 0 Å². The Kier molecular flexibility index (Phi) is 4.29. The fourth-order valence-electron chi connectivity index (χ4n) is 2.70. The summed E-state index contributed by atoms with van der Waals surface area (Å²) in [4.78, 5) is 18.6. The van der Waals surface area contributed by atoms with E-state index in [1.165, 1.54) is 7.11 Å². The second-order valence-corrected chi connectivity index (χ2v) is 5.63. The van der Waals surface area contributed by atoms with E-state index in [4.69, 9.17) is 4.74 Å². The van der Waals surface area contributed by atoms with Crippen LogP contribution in [0.4, 0.5) is 0 Å². The van der Waals surface area contributed by atoms with Crippen LogP contribution in [-0.4, -0.2) is 44.3 Å². The minimum Gasteiger partial charge on any atom is -0.481 e.